The smallest absolute Gasteiger partial charge is 0.160 e. The second-order valence-electron chi connectivity index (χ2n) is 4.39. The van der Waals surface area contributed by atoms with Gasteiger partial charge >= 0.3 is 0 Å². The van der Waals surface area contributed by atoms with Crippen LogP contribution in [0.1, 0.15) is 5.69 Å². The number of aromatic amines is 1. The number of nitrogens with two attached hydrogens (primary N) is 1. The van der Waals surface area contributed by atoms with Crippen molar-refractivity contribution in [1.82, 2.24) is 9.97 Å². The topological polar surface area (TPSA) is 54.7 Å². The van der Waals surface area contributed by atoms with Crippen molar-refractivity contribution in [2.24, 2.45) is 0 Å². The van der Waals surface area contributed by atoms with Crippen LogP contribution in [0, 0.1) is 18.6 Å². The number of anilines is 1. The third-order valence-electron chi connectivity index (χ3n) is 3.13. The summed E-state index contributed by atoms with van der Waals surface area (Å²) in [5.41, 5.74) is 8.94. The molecule has 0 aliphatic rings. The van der Waals surface area contributed by atoms with Crippen LogP contribution in [0.15, 0.2) is 30.5 Å². The Labute approximate surface area is 108 Å². The highest BCUT2D eigenvalue weighted by Crippen LogP contribution is 2.29. The standard InChI is InChI=1S/C14H11F2N3/c1-7-12(17)2-3-13(19-7)9-6-18-14-5-11(16)10(15)4-8(9)14/h2-6,18H,17H2,1H3. The normalized spacial score (nSPS) is 11.1. The zero-order valence-corrected chi connectivity index (χ0v) is 10.2. The molecular formula is C14H11F2N3. The molecule has 2 heterocycles. The summed E-state index contributed by atoms with van der Waals surface area (Å²) in [5, 5.41) is 0.593. The van der Waals surface area contributed by atoms with Gasteiger partial charge in [-0.05, 0) is 25.1 Å². The predicted molar refractivity (Wildman–Crippen MR) is 70.6 cm³/mol. The lowest BCUT2D eigenvalue weighted by Gasteiger charge is -2.03. The second-order valence-corrected chi connectivity index (χ2v) is 4.39. The number of nitrogens with zero attached hydrogens (tertiary/aromatic N) is 1. The minimum Gasteiger partial charge on any atom is -0.397 e. The Balaban J connectivity index is 2.25. The van der Waals surface area contributed by atoms with E-state index in [1.165, 1.54) is 6.07 Å². The molecule has 96 valence electrons. The average Bonchev–Trinajstić information content (AvgIpc) is 2.76. The molecule has 1 aromatic carbocycles. The molecule has 5 heteroatoms. The van der Waals surface area contributed by atoms with E-state index < -0.39 is 11.6 Å². The summed E-state index contributed by atoms with van der Waals surface area (Å²) in [5.74, 6) is -1.75. The van der Waals surface area contributed by atoms with Crippen LogP contribution in [0.3, 0.4) is 0 Å². The third-order valence-corrected chi connectivity index (χ3v) is 3.13. The van der Waals surface area contributed by atoms with E-state index in [1.807, 2.05) is 0 Å². The molecule has 0 spiro atoms. The van der Waals surface area contributed by atoms with Gasteiger partial charge in [-0.3, -0.25) is 4.98 Å². The monoisotopic (exact) mass is 259 g/mol. The van der Waals surface area contributed by atoms with E-state index in [4.69, 9.17) is 5.73 Å². The van der Waals surface area contributed by atoms with Gasteiger partial charge in [0.2, 0.25) is 0 Å². The van der Waals surface area contributed by atoms with E-state index >= 15 is 0 Å². The Morgan fingerprint density at radius 1 is 1.16 bits per heavy atom. The Bertz CT molecular complexity index is 778. The summed E-state index contributed by atoms with van der Waals surface area (Å²) < 4.78 is 26.5. The first-order valence-electron chi connectivity index (χ1n) is 5.76. The van der Waals surface area contributed by atoms with Gasteiger partial charge in [0.05, 0.1) is 17.1 Å². The molecule has 3 N–H and O–H groups in total. The number of benzene rings is 1. The molecule has 3 rings (SSSR count). The molecule has 0 aliphatic carbocycles. The number of fused-ring (bicyclic) bond motifs is 1. The summed E-state index contributed by atoms with van der Waals surface area (Å²) in [7, 11) is 0. The van der Waals surface area contributed by atoms with Crippen LogP contribution < -0.4 is 5.73 Å². The maximum atomic E-state index is 13.3. The van der Waals surface area contributed by atoms with Gasteiger partial charge in [-0.15, -0.1) is 0 Å². The fourth-order valence-electron chi connectivity index (χ4n) is 2.05. The van der Waals surface area contributed by atoms with Crippen molar-refractivity contribution in [3.05, 3.63) is 47.8 Å². The van der Waals surface area contributed by atoms with Crippen molar-refractivity contribution in [2.45, 2.75) is 6.92 Å². The van der Waals surface area contributed by atoms with Gasteiger partial charge in [0.1, 0.15) is 0 Å². The highest BCUT2D eigenvalue weighted by molar-refractivity contribution is 5.94. The largest absolute Gasteiger partial charge is 0.397 e. The molecule has 0 saturated carbocycles. The number of rotatable bonds is 1. The maximum Gasteiger partial charge on any atom is 0.160 e. The van der Waals surface area contributed by atoms with E-state index in [0.29, 0.717) is 28.0 Å². The highest BCUT2D eigenvalue weighted by atomic mass is 19.2. The first-order valence-corrected chi connectivity index (χ1v) is 5.76. The summed E-state index contributed by atoms with van der Waals surface area (Å²) in [4.78, 5) is 7.27. The summed E-state index contributed by atoms with van der Waals surface area (Å²) in [6.07, 6.45) is 1.68. The van der Waals surface area contributed by atoms with Crippen LogP contribution in [0.4, 0.5) is 14.5 Å². The van der Waals surface area contributed by atoms with Gasteiger partial charge < -0.3 is 10.7 Å². The number of nitrogens with one attached hydrogen (secondary N) is 1. The fourth-order valence-corrected chi connectivity index (χ4v) is 2.05. The minimum absolute atomic E-state index is 0.533. The number of pyridine rings is 1. The highest BCUT2D eigenvalue weighted by Gasteiger charge is 2.12. The molecule has 0 atom stereocenters. The minimum atomic E-state index is -0.875. The molecule has 0 aliphatic heterocycles. The number of halogens is 2. The Hall–Kier alpha value is -2.43. The van der Waals surface area contributed by atoms with Crippen molar-refractivity contribution in [1.29, 1.82) is 0 Å². The zero-order chi connectivity index (χ0) is 13.6. The number of hydrogen-bond acceptors (Lipinski definition) is 2. The maximum absolute atomic E-state index is 13.3. The second kappa shape index (κ2) is 4.05. The van der Waals surface area contributed by atoms with Crippen LogP contribution in [0.25, 0.3) is 22.2 Å². The van der Waals surface area contributed by atoms with Crippen LogP contribution in [0.5, 0.6) is 0 Å². The van der Waals surface area contributed by atoms with E-state index in [-0.39, 0.29) is 0 Å². The number of hydrogen-bond donors (Lipinski definition) is 2. The molecule has 19 heavy (non-hydrogen) atoms. The van der Waals surface area contributed by atoms with E-state index in [1.54, 1.807) is 25.3 Å². The van der Waals surface area contributed by atoms with E-state index in [0.717, 1.165) is 11.6 Å². The molecule has 3 aromatic rings. The number of aryl methyl sites for hydroxylation is 1. The number of aromatic nitrogens is 2. The lowest BCUT2D eigenvalue weighted by atomic mass is 10.1. The molecule has 2 aromatic heterocycles. The Morgan fingerprint density at radius 2 is 1.89 bits per heavy atom. The van der Waals surface area contributed by atoms with Gasteiger partial charge in [-0.1, -0.05) is 0 Å². The molecule has 0 unspecified atom stereocenters. The quantitative estimate of drug-likeness (QED) is 0.703. The van der Waals surface area contributed by atoms with E-state index in [2.05, 4.69) is 9.97 Å². The SMILES string of the molecule is Cc1nc(-c2c[nH]c3cc(F)c(F)cc23)ccc1N. The lowest BCUT2D eigenvalue weighted by Crippen LogP contribution is -1.94. The molecule has 3 nitrogen and oxygen atoms in total. The summed E-state index contributed by atoms with van der Waals surface area (Å²) >= 11 is 0. The van der Waals surface area contributed by atoms with Gasteiger partial charge in [-0.2, -0.15) is 0 Å². The van der Waals surface area contributed by atoms with Crippen molar-refractivity contribution >= 4 is 16.6 Å². The van der Waals surface area contributed by atoms with Crippen molar-refractivity contribution in [3.8, 4) is 11.3 Å². The fraction of sp³-hybridized carbons (Fsp3) is 0.0714. The third kappa shape index (κ3) is 1.83. The van der Waals surface area contributed by atoms with Gasteiger partial charge in [0.25, 0.3) is 0 Å². The van der Waals surface area contributed by atoms with Gasteiger partial charge in [0, 0.05) is 28.7 Å². The first-order chi connectivity index (χ1) is 9.06. The average molecular weight is 259 g/mol. The molecule has 0 amide bonds. The van der Waals surface area contributed by atoms with Crippen molar-refractivity contribution < 1.29 is 8.78 Å². The summed E-state index contributed by atoms with van der Waals surface area (Å²) in [6.45, 7) is 1.80. The number of nitrogen functional groups attached to an aromatic ring is 1. The van der Waals surface area contributed by atoms with E-state index in [9.17, 15) is 8.78 Å². The first kappa shape index (κ1) is 11.6. The summed E-state index contributed by atoms with van der Waals surface area (Å²) in [6, 6.07) is 5.81. The van der Waals surface area contributed by atoms with Crippen LogP contribution >= 0.6 is 0 Å². The lowest BCUT2D eigenvalue weighted by molar-refractivity contribution is 0.511. The Morgan fingerprint density at radius 3 is 2.63 bits per heavy atom. The van der Waals surface area contributed by atoms with Crippen LogP contribution in [-0.2, 0) is 0 Å². The zero-order valence-electron chi connectivity index (χ0n) is 10.2. The molecule has 0 saturated heterocycles. The van der Waals surface area contributed by atoms with Crippen LogP contribution in [0.2, 0.25) is 0 Å². The van der Waals surface area contributed by atoms with Crippen molar-refractivity contribution in [3.63, 3.8) is 0 Å². The van der Waals surface area contributed by atoms with Crippen molar-refractivity contribution in [2.75, 3.05) is 5.73 Å². The predicted octanol–water partition coefficient (Wildman–Crippen LogP) is 3.40. The van der Waals surface area contributed by atoms with Gasteiger partial charge in [-0.25, -0.2) is 8.78 Å². The molecule has 0 bridgehead atoms. The van der Waals surface area contributed by atoms with Crippen LogP contribution in [-0.4, -0.2) is 9.97 Å². The molecule has 0 fully saturated rings. The Kier molecular flexibility index (Phi) is 2.48. The van der Waals surface area contributed by atoms with Gasteiger partial charge in [0.15, 0.2) is 11.6 Å². The molecule has 0 radical (unpaired) electrons. The number of H-pyrrole nitrogens is 1. The molecular weight excluding hydrogens is 248 g/mol.